The first-order valence-corrected chi connectivity index (χ1v) is 17.2. The first-order chi connectivity index (χ1) is 11.6. The molecular weight excluding hydrogens is 490 g/mol. The van der Waals surface area contributed by atoms with Crippen LogP contribution < -0.4 is 29.6 Å². The van der Waals surface area contributed by atoms with Gasteiger partial charge in [-0.3, -0.25) is 4.57 Å². The van der Waals surface area contributed by atoms with Crippen molar-refractivity contribution < 1.29 is 102 Å². The third-order valence-electron chi connectivity index (χ3n) is 2.99. The Hall–Kier alpha value is 1.54. The molecule has 0 aromatic heterocycles. The maximum absolute atomic E-state index is 12.4. The molecule has 0 fully saturated rings. The van der Waals surface area contributed by atoms with Crippen LogP contribution in [0.5, 0.6) is 0 Å². The van der Waals surface area contributed by atoms with Crippen molar-refractivity contribution in [1.82, 2.24) is 0 Å². The summed E-state index contributed by atoms with van der Waals surface area (Å²) in [5.74, 6) is 0. The Morgan fingerprint density at radius 3 is 1.14 bits per heavy atom. The summed E-state index contributed by atoms with van der Waals surface area (Å²) in [4.78, 5) is 110. The Morgan fingerprint density at radius 1 is 0.714 bits per heavy atom. The first-order valence-electron chi connectivity index (χ1n) is 7.25. The van der Waals surface area contributed by atoms with E-state index in [2.05, 4.69) is 0 Å². The summed E-state index contributed by atoms with van der Waals surface area (Å²) in [7, 11) is -24.3. The van der Waals surface area contributed by atoms with Crippen LogP contribution >= 0.6 is 7.60 Å². The van der Waals surface area contributed by atoms with Crippen molar-refractivity contribution in [3.05, 3.63) is 0 Å². The summed E-state index contributed by atoms with van der Waals surface area (Å²) in [6, 6.07) is -1.69. The molecule has 0 bridgehead atoms. The fourth-order valence-corrected chi connectivity index (χ4v) is 8.18. The van der Waals surface area contributed by atoms with Gasteiger partial charge in [0.2, 0.25) is 0 Å². The second kappa shape index (κ2) is 11.4. The normalized spacial score (nSPS) is 18.2. The van der Waals surface area contributed by atoms with Gasteiger partial charge in [0.1, 0.15) is 11.5 Å². The van der Waals surface area contributed by atoms with Gasteiger partial charge in [0.05, 0.1) is 0 Å². The smallest absolute Gasteiger partial charge is 1.00 e. The molecule has 0 aromatic carbocycles. The zero-order valence-electron chi connectivity index (χ0n) is 16.0. The van der Waals surface area contributed by atoms with Crippen molar-refractivity contribution in [1.29, 1.82) is 0 Å². The molecule has 12 N–H and O–H groups in total. The van der Waals surface area contributed by atoms with E-state index in [0.717, 1.165) is 0 Å². The van der Waals surface area contributed by atoms with Crippen molar-refractivity contribution in [2.24, 2.45) is 0 Å². The van der Waals surface area contributed by atoms with Crippen LogP contribution in [0.3, 0.4) is 0 Å². The van der Waals surface area contributed by atoms with E-state index in [9.17, 15) is 33.3 Å². The van der Waals surface area contributed by atoms with E-state index in [0.29, 0.717) is 6.66 Å². The van der Waals surface area contributed by atoms with Crippen LogP contribution in [0.4, 0.5) is 0 Å². The molecule has 0 spiro atoms. The van der Waals surface area contributed by atoms with Gasteiger partial charge in [-0.05, 0) is 12.8 Å². The maximum atomic E-state index is 12.4. The topological polar surface area (TPSA) is 278 Å². The number of hydrogen-bond donors (Lipinski definition) is 12. The second-order valence-corrected chi connectivity index (χ2v) is 16.1. The number of hydrogen-bond acceptors (Lipinski definition) is 15. The molecule has 15 nitrogen and oxygen atoms in total. The van der Waals surface area contributed by atoms with E-state index in [1.165, 1.54) is 0 Å². The quantitative estimate of drug-likeness (QED) is 0.0847. The molecule has 0 radical (unpaired) electrons. The summed E-state index contributed by atoms with van der Waals surface area (Å²) < 4.78 is 21.8. The Bertz CT molecular complexity index is 477. The summed E-state index contributed by atoms with van der Waals surface area (Å²) >= 11 is 0. The first kappa shape index (κ1) is 31.7. The average Bonchev–Trinajstić information content (AvgIpc) is 2.34. The molecule has 21 heteroatoms. The fourth-order valence-electron chi connectivity index (χ4n) is 1.77. The Balaban J connectivity index is -0.00000338. The van der Waals surface area contributed by atoms with Gasteiger partial charge in [-0.15, -0.1) is 0 Å². The largest absolute Gasteiger partial charge is 1.00 e. The van der Waals surface area contributed by atoms with E-state index in [1.54, 1.807) is 0 Å². The Kier molecular flexibility index (Phi) is 12.9. The molecule has 0 aliphatic carbocycles. The molecule has 0 aliphatic heterocycles. The van der Waals surface area contributed by atoms with Gasteiger partial charge in [-0.2, -0.15) is 0 Å². The Labute approximate surface area is 187 Å². The standard InChI is InChI=1S/C7H25O15PSi4.Na.H/c1-23(8,21-6(26(15,16)17)2-4-24(9,10)11)22-7(27(18,19)20)3-5-25(12,13)14;;/h6-7,9-20H,2-5H2,1H3;;/q;+1;-1. The predicted octanol–water partition coefficient (Wildman–Crippen LogP) is -8.78. The van der Waals surface area contributed by atoms with Crippen LogP contribution in [-0.2, 0) is 13.6 Å². The second-order valence-electron chi connectivity index (χ2n) is 5.96. The van der Waals surface area contributed by atoms with Crippen molar-refractivity contribution in [3.63, 3.8) is 0 Å². The van der Waals surface area contributed by atoms with E-state index in [-0.39, 0.29) is 31.0 Å². The van der Waals surface area contributed by atoms with Gasteiger partial charge >= 0.3 is 72.4 Å². The third kappa shape index (κ3) is 15.4. The summed E-state index contributed by atoms with van der Waals surface area (Å²) in [6.07, 6.45) is -1.56. The minimum Gasteiger partial charge on any atom is -1.00 e. The molecule has 0 heterocycles. The van der Waals surface area contributed by atoms with Gasteiger partial charge < -0.3 is 68.0 Å². The molecule has 0 saturated heterocycles. The summed E-state index contributed by atoms with van der Waals surface area (Å²) in [5.41, 5.74) is -4.19. The van der Waals surface area contributed by atoms with Crippen LogP contribution in [0, 0.1) is 0 Å². The van der Waals surface area contributed by atoms with Crippen LogP contribution in [-0.4, -0.2) is 111 Å². The van der Waals surface area contributed by atoms with Gasteiger partial charge in [0, 0.05) is 18.8 Å². The van der Waals surface area contributed by atoms with Crippen molar-refractivity contribution in [3.8, 4) is 0 Å². The van der Waals surface area contributed by atoms with Crippen molar-refractivity contribution in [2.45, 2.75) is 36.4 Å². The van der Waals surface area contributed by atoms with E-state index in [1.807, 2.05) is 0 Å². The van der Waals surface area contributed by atoms with Crippen LogP contribution in [0.1, 0.15) is 14.3 Å². The van der Waals surface area contributed by atoms with Gasteiger partial charge in [-0.1, -0.05) is 0 Å². The molecule has 2 unspecified atom stereocenters. The van der Waals surface area contributed by atoms with Crippen LogP contribution in [0.25, 0.3) is 0 Å². The molecule has 28 heavy (non-hydrogen) atoms. The maximum Gasteiger partial charge on any atom is 1.00 e. The minimum atomic E-state index is -5.22. The molecule has 2 atom stereocenters. The van der Waals surface area contributed by atoms with E-state index in [4.69, 9.17) is 37.8 Å². The molecule has 0 amide bonds. The molecule has 0 aromatic rings. The zero-order valence-corrected chi connectivity index (χ0v) is 21.9. The fraction of sp³-hybridized carbons (Fsp3) is 1.00. The molecule has 0 saturated carbocycles. The molecule has 166 valence electrons. The van der Waals surface area contributed by atoms with Crippen LogP contribution in [0.2, 0.25) is 12.1 Å². The number of rotatable bonds is 12. The third-order valence-corrected chi connectivity index (χ3v) is 9.12. The summed E-state index contributed by atoms with van der Waals surface area (Å²) in [6.45, 7) is 0.677. The van der Waals surface area contributed by atoms with Gasteiger partial charge in [-0.25, -0.2) is 0 Å². The average molecular weight is 517 g/mol. The molecule has 0 aliphatic rings. The molecular formula is C7H26NaO15PSi4. The van der Waals surface area contributed by atoms with Crippen LogP contribution in [0.15, 0.2) is 0 Å². The SMILES string of the molecule is CP(=O)(OC(CC[Si](O)(O)O)[Si](O)(O)O)OC(CC[Si](O)(O)O)[Si](O)(O)O.[H-].[Na+]. The monoisotopic (exact) mass is 516 g/mol. The van der Waals surface area contributed by atoms with Gasteiger partial charge in [0.25, 0.3) is 0 Å². The summed E-state index contributed by atoms with van der Waals surface area (Å²) in [5, 5.41) is 0. The zero-order chi connectivity index (χ0) is 21.9. The van der Waals surface area contributed by atoms with Crippen molar-refractivity contribution in [2.75, 3.05) is 6.66 Å². The van der Waals surface area contributed by atoms with Crippen molar-refractivity contribution >= 4 is 42.8 Å². The van der Waals surface area contributed by atoms with E-state index >= 15 is 0 Å². The molecule has 0 rings (SSSR count). The van der Waals surface area contributed by atoms with Gasteiger partial charge in [0.15, 0.2) is 0 Å². The van der Waals surface area contributed by atoms with E-state index < -0.39 is 79.2 Å². The predicted molar refractivity (Wildman–Crippen MR) is 92.9 cm³/mol. The Morgan fingerprint density at radius 2 is 0.964 bits per heavy atom. The minimum absolute atomic E-state index is 0.